The molecular formula is C12H15FN2O2. The fourth-order valence-corrected chi connectivity index (χ4v) is 2.41. The van der Waals surface area contributed by atoms with Crippen LogP contribution in [0, 0.1) is 15.9 Å². The molecule has 0 aliphatic carbocycles. The molecule has 0 amide bonds. The van der Waals surface area contributed by atoms with Crippen molar-refractivity contribution in [1.82, 2.24) is 0 Å². The number of rotatable bonds is 2. The molecule has 1 fully saturated rings. The summed E-state index contributed by atoms with van der Waals surface area (Å²) in [6.07, 6.45) is 2.04. The van der Waals surface area contributed by atoms with Gasteiger partial charge in [0.2, 0.25) is 0 Å². The lowest BCUT2D eigenvalue weighted by molar-refractivity contribution is -0.385. The summed E-state index contributed by atoms with van der Waals surface area (Å²) in [6.45, 7) is 4.95. The van der Waals surface area contributed by atoms with Gasteiger partial charge in [0, 0.05) is 23.8 Å². The van der Waals surface area contributed by atoms with E-state index >= 15 is 0 Å². The van der Waals surface area contributed by atoms with Crippen LogP contribution in [0.2, 0.25) is 0 Å². The van der Waals surface area contributed by atoms with Crippen LogP contribution in [-0.4, -0.2) is 17.0 Å². The topological polar surface area (TPSA) is 46.4 Å². The summed E-state index contributed by atoms with van der Waals surface area (Å²) in [7, 11) is 0. The Kier molecular flexibility index (Phi) is 2.77. The lowest BCUT2D eigenvalue weighted by atomic mass is 10.0. The third-order valence-electron chi connectivity index (χ3n) is 3.29. The van der Waals surface area contributed by atoms with Gasteiger partial charge in [-0.2, -0.15) is 0 Å². The molecule has 0 N–H and O–H groups in total. The van der Waals surface area contributed by atoms with Crippen molar-refractivity contribution in [2.75, 3.05) is 11.4 Å². The van der Waals surface area contributed by atoms with Gasteiger partial charge >= 0.3 is 0 Å². The average Bonchev–Trinajstić information content (AvgIpc) is 2.57. The highest BCUT2D eigenvalue weighted by atomic mass is 19.1. The Labute approximate surface area is 99.2 Å². The fourth-order valence-electron chi connectivity index (χ4n) is 2.41. The van der Waals surface area contributed by atoms with E-state index in [2.05, 4.69) is 13.8 Å². The van der Waals surface area contributed by atoms with Crippen LogP contribution in [0.3, 0.4) is 0 Å². The first-order chi connectivity index (χ1) is 7.90. The molecular weight excluding hydrogens is 223 g/mol. The second kappa shape index (κ2) is 3.98. The van der Waals surface area contributed by atoms with Gasteiger partial charge in [-0.15, -0.1) is 0 Å². The second-order valence-corrected chi connectivity index (χ2v) is 4.99. The second-order valence-electron chi connectivity index (χ2n) is 4.99. The summed E-state index contributed by atoms with van der Waals surface area (Å²) in [6, 6.07) is 3.75. The first-order valence-corrected chi connectivity index (χ1v) is 5.63. The molecule has 4 nitrogen and oxygen atoms in total. The summed E-state index contributed by atoms with van der Waals surface area (Å²) in [5.74, 6) is -0.558. The SMILES string of the molecule is CC1(C)CCCN1c1cc(F)cc([N+](=O)[O-])c1. The number of anilines is 1. The van der Waals surface area contributed by atoms with E-state index in [-0.39, 0.29) is 11.2 Å². The van der Waals surface area contributed by atoms with Gasteiger partial charge in [0.25, 0.3) is 5.69 Å². The van der Waals surface area contributed by atoms with E-state index in [0.717, 1.165) is 25.5 Å². The normalized spacial score (nSPS) is 18.4. The molecule has 1 aromatic carbocycles. The molecule has 1 saturated heterocycles. The largest absolute Gasteiger partial charge is 0.366 e. The van der Waals surface area contributed by atoms with Crippen molar-refractivity contribution in [3.05, 3.63) is 34.1 Å². The van der Waals surface area contributed by atoms with Crippen LogP contribution in [0.5, 0.6) is 0 Å². The van der Waals surface area contributed by atoms with Crippen LogP contribution in [0.15, 0.2) is 18.2 Å². The number of halogens is 1. The van der Waals surface area contributed by atoms with E-state index in [9.17, 15) is 14.5 Å². The molecule has 1 aromatic rings. The van der Waals surface area contributed by atoms with Crippen LogP contribution < -0.4 is 4.90 Å². The molecule has 5 heteroatoms. The minimum Gasteiger partial charge on any atom is -0.366 e. The monoisotopic (exact) mass is 238 g/mol. The summed E-state index contributed by atoms with van der Waals surface area (Å²) in [5, 5.41) is 10.7. The van der Waals surface area contributed by atoms with E-state index in [4.69, 9.17) is 0 Å². The van der Waals surface area contributed by atoms with E-state index < -0.39 is 10.7 Å². The number of nitro groups is 1. The van der Waals surface area contributed by atoms with Gasteiger partial charge in [0.15, 0.2) is 0 Å². The van der Waals surface area contributed by atoms with Crippen molar-refractivity contribution in [2.45, 2.75) is 32.2 Å². The first kappa shape index (κ1) is 11.8. The first-order valence-electron chi connectivity index (χ1n) is 5.63. The average molecular weight is 238 g/mol. The molecule has 2 rings (SSSR count). The van der Waals surface area contributed by atoms with Gasteiger partial charge in [-0.3, -0.25) is 10.1 Å². The van der Waals surface area contributed by atoms with Crippen LogP contribution in [0.4, 0.5) is 15.8 Å². The summed E-state index contributed by atoms with van der Waals surface area (Å²) < 4.78 is 13.4. The van der Waals surface area contributed by atoms with Crippen molar-refractivity contribution >= 4 is 11.4 Å². The van der Waals surface area contributed by atoms with Crippen molar-refractivity contribution in [2.24, 2.45) is 0 Å². The van der Waals surface area contributed by atoms with Gasteiger partial charge in [-0.1, -0.05) is 0 Å². The molecule has 0 saturated carbocycles. The van der Waals surface area contributed by atoms with Gasteiger partial charge in [-0.25, -0.2) is 4.39 Å². The molecule has 0 bridgehead atoms. The Bertz CT molecular complexity index is 460. The van der Waals surface area contributed by atoms with Crippen LogP contribution in [0.25, 0.3) is 0 Å². The zero-order valence-electron chi connectivity index (χ0n) is 9.94. The van der Waals surface area contributed by atoms with Crippen molar-refractivity contribution in [1.29, 1.82) is 0 Å². The number of nitro benzene ring substituents is 1. The molecule has 1 aliphatic rings. The van der Waals surface area contributed by atoms with E-state index in [1.165, 1.54) is 12.1 Å². The highest BCUT2D eigenvalue weighted by Gasteiger charge is 2.32. The Morgan fingerprint density at radius 2 is 2.12 bits per heavy atom. The van der Waals surface area contributed by atoms with E-state index in [1.807, 2.05) is 4.90 Å². The van der Waals surface area contributed by atoms with Gasteiger partial charge < -0.3 is 4.90 Å². The quantitative estimate of drug-likeness (QED) is 0.587. The lowest BCUT2D eigenvalue weighted by Gasteiger charge is -2.33. The highest BCUT2D eigenvalue weighted by molar-refractivity contribution is 5.56. The molecule has 17 heavy (non-hydrogen) atoms. The molecule has 0 unspecified atom stereocenters. The Morgan fingerprint density at radius 3 is 2.65 bits per heavy atom. The predicted molar refractivity (Wildman–Crippen MR) is 63.7 cm³/mol. The third-order valence-corrected chi connectivity index (χ3v) is 3.29. The molecule has 92 valence electrons. The smallest absolute Gasteiger partial charge is 0.274 e. The number of nitrogens with zero attached hydrogens (tertiary/aromatic N) is 2. The standard InChI is InChI=1S/C12H15FN2O2/c1-12(2)4-3-5-14(12)10-6-9(13)7-11(8-10)15(16)17/h6-8H,3-5H2,1-2H3. The summed E-state index contributed by atoms with van der Waals surface area (Å²) in [5.41, 5.74) is 0.337. The minimum absolute atomic E-state index is 0.0678. The summed E-state index contributed by atoms with van der Waals surface area (Å²) >= 11 is 0. The predicted octanol–water partition coefficient (Wildman–Crippen LogP) is 3.11. The Morgan fingerprint density at radius 1 is 1.41 bits per heavy atom. The number of non-ortho nitro benzene ring substituents is 1. The molecule has 0 radical (unpaired) electrons. The van der Waals surface area contributed by atoms with Crippen LogP contribution in [0.1, 0.15) is 26.7 Å². The Balaban J connectivity index is 2.42. The molecule has 1 aliphatic heterocycles. The maximum atomic E-state index is 13.4. The molecule has 1 heterocycles. The van der Waals surface area contributed by atoms with Crippen LogP contribution >= 0.6 is 0 Å². The molecule has 0 aromatic heterocycles. The third kappa shape index (κ3) is 2.23. The Hall–Kier alpha value is -1.65. The van der Waals surface area contributed by atoms with Gasteiger partial charge in [0.05, 0.1) is 11.0 Å². The highest BCUT2D eigenvalue weighted by Crippen LogP contribution is 2.35. The van der Waals surface area contributed by atoms with Crippen molar-refractivity contribution in [3.8, 4) is 0 Å². The summed E-state index contributed by atoms with van der Waals surface area (Å²) in [4.78, 5) is 12.2. The molecule has 0 spiro atoms. The van der Waals surface area contributed by atoms with E-state index in [0.29, 0.717) is 5.69 Å². The number of benzene rings is 1. The van der Waals surface area contributed by atoms with Gasteiger partial charge in [-0.05, 0) is 32.8 Å². The fraction of sp³-hybridized carbons (Fsp3) is 0.500. The number of hydrogen-bond acceptors (Lipinski definition) is 3. The minimum atomic E-state index is -0.560. The lowest BCUT2D eigenvalue weighted by Crippen LogP contribution is -2.38. The zero-order valence-corrected chi connectivity index (χ0v) is 9.94. The van der Waals surface area contributed by atoms with E-state index in [1.54, 1.807) is 0 Å². The maximum absolute atomic E-state index is 13.4. The zero-order chi connectivity index (χ0) is 12.6. The van der Waals surface area contributed by atoms with Crippen LogP contribution in [-0.2, 0) is 0 Å². The van der Waals surface area contributed by atoms with Crippen molar-refractivity contribution in [3.63, 3.8) is 0 Å². The van der Waals surface area contributed by atoms with Gasteiger partial charge in [0.1, 0.15) is 5.82 Å². The maximum Gasteiger partial charge on any atom is 0.274 e. The molecule has 0 atom stereocenters. The van der Waals surface area contributed by atoms with Crippen molar-refractivity contribution < 1.29 is 9.31 Å². The number of hydrogen-bond donors (Lipinski definition) is 0.